The van der Waals surface area contributed by atoms with E-state index in [1.807, 2.05) is 6.07 Å². The zero-order chi connectivity index (χ0) is 20.7. The number of hydrogen-bond donors (Lipinski definition) is 3. The van der Waals surface area contributed by atoms with E-state index in [9.17, 15) is 24.0 Å². The summed E-state index contributed by atoms with van der Waals surface area (Å²) < 4.78 is 0. The molecule has 1 fully saturated rings. The Morgan fingerprint density at radius 2 is 1.86 bits per heavy atom. The fourth-order valence-corrected chi connectivity index (χ4v) is 4.45. The van der Waals surface area contributed by atoms with Crippen molar-refractivity contribution in [3.8, 4) is 0 Å². The van der Waals surface area contributed by atoms with Crippen molar-refractivity contribution >= 4 is 35.2 Å². The summed E-state index contributed by atoms with van der Waals surface area (Å²) in [5, 5.41) is 5.42. The molecule has 0 aromatic heterocycles. The lowest BCUT2D eigenvalue weighted by molar-refractivity contribution is -0.136. The summed E-state index contributed by atoms with van der Waals surface area (Å²) in [6.07, 6.45) is 2.42. The van der Waals surface area contributed by atoms with Gasteiger partial charge in [0.05, 0.1) is 11.1 Å². The number of hydrogen-bond acceptors (Lipinski definition) is 6. The first kappa shape index (κ1) is 19.1. The topological polar surface area (TPSA) is 139 Å². The molecule has 152 valence electrons. The fraction of sp³-hybridized carbons (Fsp3) is 0.450. The lowest BCUT2D eigenvalue weighted by Gasteiger charge is -2.28. The number of nitrogens with zero attached hydrogens (tertiary/aromatic N) is 1. The van der Waals surface area contributed by atoms with Gasteiger partial charge in [0.2, 0.25) is 17.7 Å². The zero-order valence-electron chi connectivity index (χ0n) is 15.8. The maximum atomic E-state index is 13.3. The summed E-state index contributed by atoms with van der Waals surface area (Å²) in [5.74, 6) is -2.60. The lowest BCUT2D eigenvalue weighted by Crippen LogP contribution is -2.54. The normalized spacial score (nSPS) is 23.8. The van der Waals surface area contributed by atoms with Crippen LogP contribution in [0.1, 0.15) is 70.7 Å². The second-order valence-corrected chi connectivity index (χ2v) is 7.67. The van der Waals surface area contributed by atoms with Gasteiger partial charge in [-0.3, -0.25) is 34.2 Å². The summed E-state index contributed by atoms with van der Waals surface area (Å²) in [7, 11) is 0. The fourth-order valence-electron chi connectivity index (χ4n) is 4.45. The number of piperidine rings is 1. The minimum Gasteiger partial charge on any atom is -0.384 e. The van der Waals surface area contributed by atoms with Gasteiger partial charge >= 0.3 is 0 Å². The smallest absolute Gasteiger partial charge is 0.264 e. The predicted octanol–water partition coefficient (Wildman–Crippen LogP) is 0.643. The summed E-state index contributed by atoms with van der Waals surface area (Å²) in [4.78, 5) is 62.6. The van der Waals surface area contributed by atoms with E-state index in [0.29, 0.717) is 29.8 Å². The third kappa shape index (κ3) is 3.26. The first-order chi connectivity index (χ1) is 13.9. The lowest BCUT2D eigenvalue weighted by atomic mass is 9.85. The molecule has 29 heavy (non-hydrogen) atoms. The van der Waals surface area contributed by atoms with Crippen LogP contribution in [0.2, 0.25) is 0 Å². The van der Waals surface area contributed by atoms with Crippen LogP contribution in [-0.4, -0.2) is 47.0 Å². The summed E-state index contributed by atoms with van der Waals surface area (Å²) in [5.41, 5.74) is 7.15. The number of rotatable bonds is 4. The molecule has 1 aromatic carbocycles. The van der Waals surface area contributed by atoms with Gasteiger partial charge in [0, 0.05) is 25.1 Å². The van der Waals surface area contributed by atoms with Crippen molar-refractivity contribution < 1.29 is 24.0 Å². The standard InChI is InChI=1S/C20H22N4O5/c21-14(25)7-3-10-2-1-9-22-12-5-4-11(10)16-17(12)20(29)24(19(16)28)13-6-8-15(26)23-18(13)27/h4-5,10,13,22H,1-3,6-9H2,(H2,21,25)(H,23,26,27)/t10-,13?/m1/s1. The van der Waals surface area contributed by atoms with Crippen molar-refractivity contribution in [2.24, 2.45) is 5.73 Å². The average molecular weight is 398 g/mol. The van der Waals surface area contributed by atoms with Crippen LogP contribution in [0.3, 0.4) is 0 Å². The van der Waals surface area contributed by atoms with Crippen LogP contribution in [0.5, 0.6) is 0 Å². The second kappa shape index (κ2) is 7.31. The number of carbonyl (C=O) groups is 5. The number of nitrogens with one attached hydrogen (secondary N) is 2. The van der Waals surface area contributed by atoms with Gasteiger partial charge in [0.1, 0.15) is 6.04 Å². The van der Waals surface area contributed by atoms with Crippen LogP contribution in [0, 0.1) is 0 Å². The Bertz CT molecular complexity index is 941. The third-order valence-electron chi connectivity index (χ3n) is 5.85. The highest BCUT2D eigenvalue weighted by Gasteiger charge is 2.47. The maximum absolute atomic E-state index is 13.3. The molecular formula is C20H22N4O5. The first-order valence-corrected chi connectivity index (χ1v) is 9.79. The Labute approximate surface area is 167 Å². The highest BCUT2D eigenvalue weighted by atomic mass is 16.2. The molecule has 0 radical (unpaired) electrons. The molecule has 2 atom stereocenters. The van der Waals surface area contributed by atoms with Crippen LogP contribution >= 0.6 is 0 Å². The van der Waals surface area contributed by atoms with Crippen molar-refractivity contribution in [1.29, 1.82) is 0 Å². The third-order valence-corrected chi connectivity index (χ3v) is 5.85. The molecule has 3 heterocycles. The number of imide groups is 2. The van der Waals surface area contributed by atoms with Crippen LogP contribution in [0.15, 0.2) is 12.1 Å². The number of fused-ring (bicyclic) bond motifs is 6. The van der Waals surface area contributed by atoms with E-state index in [1.54, 1.807) is 6.07 Å². The summed E-state index contributed by atoms with van der Waals surface area (Å²) >= 11 is 0. The van der Waals surface area contributed by atoms with Crippen molar-refractivity contribution in [2.45, 2.75) is 50.5 Å². The number of carbonyl (C=O) groups excluding carboxylic acids is 5. The van der Waals surface area contributed by atoms with Crippen molar-refractivity contribution in [1.82, 2.24) is 10.2 Å². The van der Waals surface area contributed by atoms with Crippen LogP contribution in [0.4, 0.5) is 5.69 Å². The van der Waals surface area contributed by atoms with Crippen molar-refractivity contribution in [3.05, 3.63) is 28.8 Å². The summed E-state index contributed by atoms with van der Waals surface area (Å²) in [6.45, 7) is 0.622. The molecule has 4 N–H and O–H groups in total. The minimum absolute atomic E-state index is 0.0724. The molecule has 0 saturated carbocycles. The molecule has 5 amide bonds. The Balaban J connectivity index is 1.76. The number of amides is 5. The number of primary amides is 1. The highest BCUT2D eigenvalue weighted by molar-refractivity contribution is 6.26. The molecular weight excluding hydrogens is 376 g/mol. The molecule has 1 saturated heterocycles. The van der Waals surface area contributed by atoms with Crippen LogP contribution in [-0.2, 0) is 14.4 Å². The number of nitrogens with two attached hydrogens (primary N) is 1. The molecule has 9 nitrogen and oxygen atoms in total. The van der Waals surface area contributed by atoms with E-state index in [4.69, 9.17) is 5.73 Å². The van der Waals surface area contributed by atoms with Crippen molar-refractivity contribution in [2.75, 3.05) is 11.9 Å². The largest absolute Gasteiger partial charge is 0.384 e. The second-order valence-electron chi connectivity index (χ2n) is 7.67. The van der Waals surface area contributed by atoms with Crippen molar-refractivity contribution in [3.63, 3.8) is 0 Å². The molecule has 3 aliphatic rings. The monoisotopic (exact) mass is 398 g/mol. The molecule has 2 bridgehead atoms. The van der Waals surface area contributed by atoms with E-state index >= 15 is 0 Å². The van der Waals surface area contributed by atoms with E-state index < -0.39 is 35.6 Å². The summed E-state index contributed by atoms with van der Waals surface area (Å²) in [6, 6.07) is 2.58. The molecule has 1 unspecified atom stereocenters. The Morgan fingerprint density at radius 1 is 1.10 bits per heavy atom. The highest BCUT2D eigenvalue weighted by Crippen LogP contribution is 2.40. The van der Waals surface area contributed by atoms with Gasteiger partial charge in [-0.1, -0.05) is 6.07 Å². The molecule has 4 rings (SSSR count). The van der Waals surface area contributed by atoms with Gasteiger partial charge in [-0.05, 0) is 43.2 Å². The van der Waals surface area contributed by atoms with Gasteiger partial charge in [-0.15, -0.1) is 0 Å². The predicted molar refractivity (Wildman–Crippen MR) is 102 cm³/mol. The van der Waals surface area contributed by atoms with Gasteiger partial charge in [-0.25, -0.2) is 0 Å². The molecule has 3 aliphatic heterocycles. The average Bonchev–Trinajstić information content (AvgIpc) is 3.01. The van der Waals surface area contributed by atoms with Gasteiger partial charge < -0.3 is 11.1 Å². The van der Waals surface area contributed by atoms with Gasteiger partial charge in [0.15, 0.2) is 0 Å². The van der Waals surface area contributed by atoms with E-state index in [2.05, 4.69) is 10.6 Å². The Morgan fingerprint density at radius 3 is 2.59 bits per heavy atom. The van der Waals surface area contributed by atoms with E-state index in [0.717, 1.165) is 17.7 Å². The molecule has 0 spiro atoms. The molecule has 0 aliphatic carbocycles. The van der Waals surface area contributed by atoms with Gasteiger partial charge in [-0.2, -0.15) is 0 Å². The Hall–Kier alpha value is -3.23. The molecule has 9 heteroatoms. The molecule has 1 aromatic rings. The zero-order valence-corrected chi connectivity index (χ0v) is 15.8. The SMILES string of the molecule is NC(=O)CC[C@H]1CCCNc2ccc1c1c2C(=O)N(C2CCC(=O)NC2=O)C1=O. The van der Waals surface area contributed by atoms with E-state index in [1.165, 1.54) is 0 Å². The van der Waals surface area contributed by atoms with Crippen LogP contribution < -0.4 is 16.4 Å². The quantitative estimate of drug-likeness (QED) is 0.636. The number of benzene rings is 1. The first-order valence-electron chi connectivity index (χ1n) is 9.79. The maximum Gasteiger partial charge on any atom is 0.264 e. The Kier molecular flexibility index (Phi) is 4.81. The van der Waals surface area contributed by atoms with Crippen LogP contribution in [0.25, 0.3) is 0 Å². The number of anilines is 1. The minimum atomic E-state index is -1.01. The van der Waals surface area contributed by atoms with Gasteiger partial charge in [0.25, 0.3) is 11.8 Å². The van der Waals surface area contributed by atoms with E-state index in [-0.39, 0.29) is 30.7 Å².